The van der Waals surface area contributed by atoms with Crippen molar-refractivity contribution in [1.82, 2.24) is 0 Å². The van der Waals surface area contributed by atoms with Crippen molar-refractivity contribution in [2.45, 2.75) is 46.6 Å². The molecule has 0 amide bonds. The van der Waals surface area contributed by atoms with Crippen molar-refractivity contribution in [2.75, 3.05) is 19.8 Å². The molecule has 0 bridgehead atoms. The zero-order valence-electron chi connectivity index (χ0n) is 19.8. The molecule has 33 heavy (non-hydrogen) atoms. The number of hydrogen-bond acceptors (Lipinski definition) is 6. The van der Waals surface area contributed by atoms with Gasteiger partial charge in [0.05, 0.1) is 31.0 Å². The Bertz CT molecular complexity index is 973. The number of carbonyl (C=O) groups excluding carboxylic acids is 2. The van der Waals surface area contributed by atoms with Crippen molar-refractivity contribution in [2.24, 2.45) is 5.41 Å². The van der Waals surface area contributed by atoms with Crippen molar-refractivity contribution in [1.29, 1.82) is 0 Å². The van der Waals surface area contributed by atoms with E-state index in [2.05, 4.69) is 0 Å². The van der Waals surface area contributed by atoms with E-state index in [-0.39, 0.29) is 26.2 Å². The Labute approximate surface area is 194 Å². The van der Waals surface area contributed by atoms with Gasteiger partial charge in [0.25, 0.3) is 0 Å². The monoisotopic (exact) mass is 456 g/mol. The van der Waals surface area contributed by atoms with E-state index in [0.29, 0.717) is 16.7 Å². The highest BCUT2D eigenvalue weighted by Crippen LogP contribution is 2.31. The Hall–Kier alpha value is -3.19. The molecule has 178 valence electrons. The zero-order valence-corrected chi connectivity index (χ0v) is 19.8. The third kappa shape index (κ3) is 6.65. The minimum absolute atomic E-state index is 0.0625. The van der Waals surface area contributed by atoms with Gasteiger partial charge in [-0.05, 0) is 57.4 Å². The lowest BCUT2D eigenvalue weighted by molar-refractivity contribution is -0.177. The molecule has 0 aliphatic carbocycles. The molecule has 1 unspecified atom stereocenters. The summed E-state index contributed by atoms with van der Waals surface area (Å²) in [4.78, 5) is 37.4. The number of hydrogen-bond donors (Lipinski definition) is 1. The normalized spacial score (nSPS) is 13.1. The molecule has 0 radical (unpaired) electrons. The van der Waals surface area contributed by atoms with Gasteiger partial charge in [-0.3, -0.25) is 9.59 Å². The molecule has 0 spiro atoms. The fraction of sp³-hybridized carbons (Fsp3) is 0.423. The first-order chi connectivity index (χ1) is 15.5. The molecule has 7 nitrogen and oxygen atoms in total. The number of carboxylic acid groups (broad SMARTS) is 1. The van der Waals surface area contributed by atoms with Gasteiger partial charge in [0, 0.05) is 6.42 Å². The largest absolute Gasteiger partial charge is 0.480 e. The van der Waals surface area contributed by atoms with Gasteiger partial charge >= 0.3 is 17.9 Å². The van der Waals surface area contributed by atoms with Crippen LogP contribution >= 0.6 is 0 Å². The summed E-state index contributed by atoms with van der Waals surface area (Å²) in [6, 6.07) is 14.2. The Morgan fingerprint density at radius 3 is 2.03 bits per heavy atom. The third-order valence-corrected chi connectivity index (χ3v) is 5.02. The second-order valence-corrected chi connectivity index (χ2v) is 8.65. The van der Waals surface area contributed by atoms with E-state index in [0.717, 1.165) is 5.56 Å². The Balaban J connectivity index is 2.39. The Morgan fingerprint density at radius 1 is 0.879 bits per heavy atom. The second-order valence-electron chi connectivity index (χ2n) is 8.65. The van der Waals surface area contributed by atoms with Crippen LogP contribution < -0.4 is 0 Å². The number of ether oxygens (including phenoxy) is 3. The number of rotatable bonds is 10. The standard InChI is InChI=1S/C26H32O7/c1-6-31-22(27)21-11-9-8-10-20(21)19-14-12-18(13-15-19)16-26(23(28)29,24(30)32-7-2)17-33-25(3,4)5/h8-15H,6-7,16-17H2,1-5H3,(H,28,29). The quantitative estimate of drug-likeness (QED) is 0.414. The van der Waals surface area contributed by atoms with Gasteiger partial charge in [-0.1, -0.05) is 42.5 Å². The fourth-order valence-corrected chi connectivity index (χ4v) is 3.29. The molecule has 2 aromatic carbocycles. The van der Waals surface area contributed by atoms with Gasteiger partial charge in [0.15, 0.2) is 5.41 Å². The first-order valence-electron chi connectivity index (χ1n) is 10.9. The maximum absolute atomic E-state index is 12.8. The van der Waals surface area contributed by atoms with Crippen LogP contribution in [0, 0.1) is 5.41 Å². The van der Waals surface area contributed by atoms with Crippen molar-refractivity contribution in [3.8, 4) is 11.1 Å². The molecular weight excluding hydrogens is 424 g/mol. The van der Waals surface area contributed by atoms with Crippen LogP contribution in [0.4, 0.5) is 0 Å². The SMILES string of the molecule is CCOC(=O)c1ccccc1-c1ccc(CC(COC(C)(C)C)(C(=O)O)C(=O)OCC)cc1. The van der Waals surface area contributed by atoms with Crippen molar-refractivity contribution < 1.29 is 33.7 Å². The molecule has 2 aromatic rings. The van der Waals surface area contributed by atoms with Gasteiger partial charge in [-0.15, -0.1) is 0 Å². The zero-order chi connectivity index (χ0) is 24.6. The van der Waals surface area contributed by atoms with Crippen molar-refractivity contribution in [3.05, 3.63) is 59.7 Å². The summed E-state index contributed by atoms with van der Waals surface area (Å²) in [7, 11) is 0. The summed E-state index contributed by atoms with van der Waals surface area (Å²) in [5.41, 5.74) is 0.0258. The molecule has 7 heteroatoms. The number of benzene rings is 2. The summed E-state index contributed by atoms with van der Waals surface area (Å²) >= 11 is 0. The molecule has 0 heterocycles. The van der Waals surface area contributed by atoms with Crippen LogP contribution in [0.2, 0.25) is 0 Å². The van der Waals surface area contributed by atoms with Gasteiger partial charge in [0.1, 0.15) is 0 Å². The first kappa shape index (κ1) is 26.1. The Kier molecular flexibility index (Phi) is 8.76. The molecule has 0 fully saturated rings. The van der Waals surface area contributed by atoms with Gasteiger partial charge in [-0.2, -0.15) is 0 Å². The maximum atomic E-state index is 12.8. The number of carboxylic acids is 1. The first-order valence-corrected chi connectivity index (χ1v) is 10.9. The summed E-state index contributed by atoms with van der Waals surface area (Å²) < 4.78 is 16.0. The predicted octanol–water partition coefficient (Wildman–Crippen LogP) is 4.52. The van der Waals surface area contributed by atoms with Gasteiger partial charge in [-0.25, -0.2) is 4.79 Å². The molecule has 1 N–H and O–H groups in total. The van der Waals surface area contributed by atoms with E-state index < -0.39 is 28.9 Å². The lowest BCUT2D eigenvalue weighted by Gasteiger charge is -2.31. The predicted molar refractivity (Wildman–Crippen MR) is 124 cm³/mol. The van der Waals surface area contributed by atoms with Crippen LogP contribution in [0.5, 0.6) is 0 Å². The fourth-order valence-electron chi connectivity index (χ4n) is 3.29. The smallest absolute Gasteiger partial charge is 0.338 e. The van der Waals surface area contributed by atoms with Crippen LogP contribution in [0.3, 0.4) is 0 Å². The molecule has 2 rings (SSSR count). The van der Waals surface area contributed by atoms with Crippen molar-refractivity contribution >= 4 is 17.9 Å². The highest BCUT2D eigenvalue weighted by atomic mass is 16.5. The third-order valence-electron chi connectivity index (χ3n) is 5.02. The molecule has 0 saturated heterocycles. The van der Waals surface area contributed by atoms with Gasteiger partial charge in [0.2, 0.25) is 0 Å². The van der Waals surface area contributed by atoms with Crippen LogP contribution in [0.1, 0.15) is 50.5 Å². The number of aliphatic carboxylic acids is 1. The van der Waals surface area contributed by atoms with E-state index in [1.54, 1.807) is 71.0 Å². The average Bonchev–Trinajstić information content (AvgIpc) is 2.76. The maximum Gasteiger partial charge on any atom is 0.338 e. The Morgan fingerprint density at radius 2 is 1.48 bits per heavy atom. The molecule has 0 aromatic heterocycles. The molecule has 0 aliphatic heterocycles. The minimum Gasteiger partial charge on any atom is -0.480 e. The molecule has 0 saturated carbocycles. The molecular formula is C26H32O7. The van der Waals surface area contributed by atoms with Crippen molar-refractivity contribution in [3.63, 3.8) is 0 Å². The van der Waals surface area contributed by atoms with E-state index in [9.17, 15) is 19.5 Å². The number of carbonyl (C=O) groups is 3. The van der Waals surface area contributed by atoms with E-state index in [1.165, 1.54) is 0 Å². The highest BCUT2D eigenvalue weighted by molar-refractivity contribution is 6.00. The average molecular weight is 457 g/mol. The van der Waals surface area contributed by atoms with Crippen LogP contribution in [-0.2, 0) is 30.2 Å². The molecule has 1 atom stereocenters. The summed E-state index contributed by atoms with van der Waals surface area (Å²) in [5.74, 6) is -2.55. The topological polar surface area (TPSA) is 99.1 Å². The van der Waals surface area contributed by atoms with E-state index in [4.69, 9.17) is 14.2 Å². The van der Waals surface area contributed by atoms with Crippen LogP contribution in [-0.4, -0.2) is 48.4 Å². The minimum atomic E-state index is -1.88. The molecule has 0 aliphatic rings. The summed E-state index contributed by atoms with van der Waals surface area (Å²) in [5, 5.41) is 10.0. The lowest BCUT2D eigenvalue weighted by atomic mass is 9.81. The van der Waals surface area contributed by atoms with E-state index >= 15 is 0 Å². The summed E-state index contributed by atoms with van der Waals surface area (Å²) in [6.07, 6.45) is -0.100. The summed E-state index contributed by atoms with van der Waals surface area (Å²) in [6.45, 7) is 8.77. The van der Waals surface area contributed by atoms with Crippen LogP contribution in [0.15, 0.2) is 48.5 Å². The van der Waals surface area contributed by atoms with Crippen LogP contribution in [0.25, 0.3) is 11.1 Å². The van der Waals surface area contributed by atoms with Gasteiger partial charge < -0.3 is 19.3 Å². The second kappa shape index (κ2) is 11.1. The lowest BCUT2D eigenvalue weighted by Crippen LogP contribution is -2.48. The van der Waals surface area contributed by atoms with E-state index in [1.807, 2.05) is 12.1 Å². The number of esters is 2. The highest BCUT2D eigenvalue weighted by Gasteiger charge is 2.49.